The molecule has 4 aromatic rings. The zero-order chi connectivity index (χ0) is 21.1. The molecule has 4 rings (SSSR count). The molecule has 0 radical (unpaired) electrons. The van der Waals surface area contributed by atoms with Crippen molar-refractivity contribution in [2.24, 2.45) is 0 Å². The predicted octanol–water partition coefficient (Wildman–Crippen LogP) is 3.94. The standard InChI is InChI=1S/C22H25N7S/c1-22(2,3)21-23-19(11-12-30)26-29(21)14-15-9-10-17(16-7-5-4-6-8-16)18(13-15)20-24-27-28-25-20/h4-10,13,30H,11-12,14H2,1-3H3,(H,24,25,27,28). The average molecular weight is 420 g/mol. The molecule has 2 heterocycles. The van der Waals surface area contributed by atoms with Gasteiger partial charge in [-0.1, -0.05) is 63.2 Å². The van der Waals surface area contributed by atoms with Crippen LogP contribution in [0.15, 0.2) is 48.5 Å². The number of aryl methyl sites for hydroxylation is 1. The van der Waals surface area contributed by atoms with E-state index in [1.54, 1.807) is 0 Å². The summed E-state index contributed by atoms with van der Waals surface area (Å²) in [4.78, 5) is 4.77. The SMILES string of the molecule is CC(C)(C)c1nc(CCS)nn1Cc1ccc(-c2ccccc2)c(-c2nnn[nH]2)c1. The molecule has 154 valence electrons. The first-order valence-electron chi connectivity index (χ1n) is 9.93. The third-order valence-electron chi connectivity index (χ3n) is 4.82. The van der Waals surface area contributed by atoms with Crippen molar-refractivity contribution in [2.45, 2.75) is 39.2 Å². The molecule has 0 saturated carbocycles. The summed E-state index contributed by atoms with van der Waals surface area (Å²) in [5.74, 6) is 3.16. The fraction of sp³-hybridized carbons (Fsp3) is 0.318. The number of aromatic nitrogens is 7. The van der Waals surface area contributed by atoms with Crippen molar-refractivity contribution in [1.82, 2.24) is 35.4 Å². The first-order valence-corrected chi connectivity index (χ1v) is 10.6. The maximum Gasteiger partial charge on any atom is 0.180 e. The first-order chi connectivity index (χ1) is 14.5. The van der Waals surface area contributed by atoms with Gasteiger partial charge in [0.05, 0.1) is 6.54 Å². The number of hydrogen-bond donors (Lipinski definition) is 2. The smallest absolute Gasteiger partial charge is 0.180 e. The summed E-state index contributed by atoms with van der Waals surface area (Å²) >= 11 is 4.33. The van der Waals surface area contributed by atoms with Crippen LogP contribution in [0.25, 0.3) is 22.5 Å². The van der Waals surface area contributed by atoms with Crippen LogP contribution >= 0.6 is 12.6 Å². The van der Waals surface area contributed by atoms with Crippen molar-refractivity contribution >= 4 is 12.6 Å². The van der Waals surface area contributed by atoms with E-state index in [1.807, 2.05) is 22.9 Å². The minimum Gasteiger partial charge on any atom is -0.245 e. The van der Waals surface area contributed by atoms with Gasteiger partial charge in [0, 0.05) is 17.4 Å². The molecule has 2 aromatic heterocycles. The largest absolute Gasteiger partial charge is 0.245 e. The molecule has 0 aliphatic carbocycles. The van der Waals surface area contributed by atoms with Crippen LogP contribution in [0.4, 0.5) is 0 Å². The molecule has 2 aromatic carbocycles. The minimum atomic E-state index is -0.108. The summed E-state index contributed by atoms with van der Waals surface area (Å²) in [5.41, 5.74) is 4.14. The van der Waals surface area contributed by atoms with Gasteiger partial charge in [-0.15, -0.1) is 5.10 Å². The molecule has 0 aliphatic heterocycles. The highest BCUT2D eigenvalue weighted by Crippen LogP contribution is 2.31. The number of nitrogens with zero attached hydrogens (tertiary/aromatic N) is 6. The van der Waals surface area contributed by atoms with E-state index < -0.39 is 0 Å². The van der Waals surface area contributed by atoms with Gasteiger partial charge in [0.1, 0.15) is 5.82 Å². The topological polar surface area (TPSA) is 85.2 Å². The zero-order valence-electron chi connectivity index (χ0n) is 17.4. The van der Waals surface area contributed by atoms with Gasteiger partial charge in [0.2, 0.25) is 0 Å². The third-order valence-corrected chi connectivity index (χ3v) is 5.05. The van der Waals surface area contributed by atoms with Crippen molar-refractivity contribution in [1.29, 1.82) is 0 Å². The summed E-state index contributed by atoms with van der Waals surface area (Å²) in [6.45, 7) is 7.09. The quantitative estimate of drug-likeness (QED) is 0.462. The van der Waals surface area contributed by atoms with E-state index in [0.717, 1.165) is 46.1 Å². The van der Waals surface area contributed by atoms with Crippen LogP contribution in [0.5, 0.6) is 0 Å². The normalized spacial score (nSPS) is 11.7. The number of H-pyrrole nitrogens is 1. The molecule has 0 fully saturated rings. The number of aromatic amines is 1. The molecule has 0 atom stereocenters. The molecule has 7 nitrogen and oxygen atoms in total. The number of benzene rings is 2. The Morgan fingerprint density at radius 3 is 2.50 bits per heavy atom. The van der Waals surface area contributed by atoms with Crippen molar-refractivity contribution < 1.29 is 0 Å². The van der Waals surface area contributed by atoms with Crippen molar-refractivity contribution in [3.8, 4) is 22.5 Å². The van der Waals surface area contributed by atoms with E-state index in [-0.39, 0.29) is 5.41 Å². The summed E-state index contributed by atoms with van der Waals surface area (Å²) < 4.78 is 2.00. The maximum absolute atomic E-state index is 4.77. The van der Waals surface area contributed by atoms with E-state index in [0.29, 0.717) is 12.4 Å². The second kappa shape index (κ2) is 8.39. The number of thiol groups is 1. The van der Waals surface area contributed by atoms with Gasteiger partial charge >= 0.3 is 0 Å². The Kier molecular flexibility index (Phi) is 5.67. The Bertz CT molecular complexity index is 1110. The maximum atomic E-state index is 4.77. The molecule has 30 heavy (non-hydrogen) atoms. The van der Waals surface area contributed by atoms with Gasteiger partial charge < -0.3 is 0 Å². The highest BCUT2D eigenvalue weighted by atomic mass is 32.1. The van der Waals surface area contributed by atoms with Crippen LogP contribution < -0.4 is 0 Å². The van der Waals surface area contributed by atoms with Crippen molar-refractivity contribution in [3.63, 3.8) is 0 Å². The monoisotopic (exact) mass is 419 g/mol. The lowest BCUT2D eigenvalue weighted by atomic mass is 9.95. The van der Waals surface area contributed by atoms with Crippen LogP contribution in [-0.4, -0.2) is 41.1 Å². The third kappa shape index (κ3) is 4.28. The molecule has 8 heteroatoms. The van der Waals surface area contributed by atoms with Gasteiger partial charge in [-0.25, -0.2) is 14.8 Å². The number of tetrazole rings is 1. The van der Waals surface area contributed by atoms with Gasteiger partial charge in [-0.05, 0) is 38.9 Å². The Labute approximate surface area is 181 Å². The summed E-state index contributed by atoms with van der Waals surface area (Å²) in [5, 5.41) is 19.3. The fourth-order valence-electron chi connectivity index (χ4n) is 3.46. The number of hydrogen-bond acceptors (Lipinski definition) is 6. The van der Waals surface area contributed by atoms with Crippen LogP contribution in [0.2, 0.25) is 0 Å². The Morgan fingerprint density at radius 1 is 1.03 bits per heavy atom. The number of rotatable bonds is 6. The van der Waals surface area contributed by atoms with Gasteiger partial charge in [0.15, 0.2) is 11.6 Å². The Balaban J connectivity index is 1.76. The van der Waals surface area contributed by atoms with Gasteiger partial charge in [0.25, 0.3) is 0 Å². The van der Waals surface area contributed by atoms with E-state index in [1.165, 1.54) is 0 Å². The van der Waals surface area contributed by atoms with E-state index >= 15 is 0 Å². The molecular weight excluding hydrogens is 394 g/mol. The minimum absolute atomic E-state index is 0.108. The van der Waals surface area contributed by atoms with Gasteiger partial charge in [-0.2, -0.15) is 17.7 Å². The molecule has 1 N–H and O–H groups in total. The molecule has 0 bridgehead atoms. The van der Waals surface area contributed by atoms with Crippen LogP contribution in [0, 0.1) is 0 Å². The van der Waals surface area contributed by atoms with E-state index in [9.17, 15) is 0 Å². The summed E-state index contributed by atoms with van der Waals surface area (Å²) in [6, 6.07) is 16.6. The molecule has 0 aliphatic rings. The van der Waals surface area contributed by atoms with Crippen molar-refractivity contribution in [2.75, 3.05) is 5.75 Å². The highest BCUT2D eigenvalue weighted by molar-refractivity contribution is 7.80. The van der Waals surface area contributed by atoms with Crippen LogP contribution in [-0.2, 0) is 18.4 Å². The molecule has 0 amide bonds. The second-order valence-corrected chi connectivity index (χ2v) is 8.68. The summed E-state index contributed by atoms with van der Waals surface area (Å²) in [7, 11) is 0. The summed E-state index contributed by atoms with van der Waals surface area (Å²) in [6.07, 6.45) is 0.751. The lowest BCUT2D eigenvalue weighted by Crippen LogP contribution is -2.20. The van der Waals surface area contributed by atoms with E-state index in [4.69, 9.17) is 10.1 Å². The lowest BCUT2D eigenvalue weighted by Gasteiger charge is -2.18. The fourth-order valence-corrected chi connectivity index (χ4v) is 3.66. The molecular formula is C22H25N7S. The lowest BCUT2D eigenvalue weighted by molar-refractivity contribution is 0.490. The molecule has 0 saturated heterocycles. The van der Waals surface area contributed by atoms with Crippen molar-refractivity contribution in [3.05, 3.63) is 65.7 Å². The van der Waals surface area contributed by atoms with Crippen LogP contribution in [0.3, 0.4) is 0 Å². The first kappa shape index (κ1) is 20.3. The van der Waals surface area contributed by atoms with Gasteiger partial charge in [-0.3, -0.25) is 0 Å². The highest BCUT2D eigenvalue weighted by Gasteiger charge is 2.23. The second-order valence-electron chi connectivity index (χ2n) is 8.23. The Morgan fingerprint density at radius 2 is 1.83 bits per heavy atom. The van der Waals surface area contributed by atoms with E-state index in [2.05, 4.69) is 84.4 Å². The molecule has 0 unspecified atom stereocenters. The molecule has 0 spiro atoms. The predicted molar refractivity (Wildman–Crippen MR) is 120 cm³/mol. The Hall–Kier alpha value is -3.00. The van der Waals surface area contributed by atoms with Crippen LogP contribution in [0.1, 0.15) is 38.0 Å². The number of nitrogens with one attached hydrogen (secondary N) is 1. The average Bonchev–Trinajstić information content (AvgIpc) is 3.39. The zero-order valence-corrected chi connectivity index (χ0v) is 18.3.